The van der Waals surface area contributed by atoms with E-state index < -0.39 is 11.7 Å². The van der Waals surface area contributed by atoms with Crippen molar-refractivity contribution in [2.24, 2.45) is 5.73 Å². The predicted octanol–water partition coefficient (Wildman–Crippen LogP) is 3.38. The van der Waals surface area contributed by atoms with Gasteiger partial charge in [0.05, 0.1) is 5.56 Å². The van der Waals surface area contributed by atoms with Crippen LogP contribution in [0.3, 0.4) is 0 Å². The summed E-state index contributed by atoms with van der Waals surface area (Å²) in [6.45, 7) is 1.66. The van der Waals surface area contributed by atoms with E-state index in [9.17, 15) is 13.2 Å². The highest BCUT2D eigenvalue weighted by Crippen LogP contribution is 2.33. The standard InChI is InChI=1S/C9H9ClF3N/c1-5(14)7-3-2-6(4-8(7)10)9(11,12)13/h2-5H,14H2,1H3/t5-/m1/s1. The van der Waals surface area contributed by atoms with Crippen molar-refractivity contribution in [3.63, 3.8) is 0 Å². The predicted molar refractivity (Wildman–Crippen MR) is 49.1 cm³/mol. The van der Waals surface area contributed by atoms with Gasteiger partial charge in [0.2, 0.25) is 0 Å². The van der Waals surface area contributed by atoms with Crippen molar-refractivity contribution in [3.05, 3.63) is 34.3 Å². The minimum Gasteiger partial charge on any atom is -0.324 e. The summed E-state index contributed by atoms with van der Waals surface area (Å²) in [5.41, 5.74) is 5.26. The van der Waals surface area contributed by atoms with E-state index in [0.29, 0.717) is 5.56 Å². The largest absolute Gasteiger partial charge is 0.416 e. The van der Waals surface area contributed by atoms with E-state index in [4.69, 9.17) is 17.3 Å². The van der Waals surface area contributed by atoms with E-state index in [-0.39, 0.29) is 11.1 Å². The van der Waals surface area contributed by atoms with E-state index in [1.54, 1.807) is 6.92 Å². The number of hydrogen-bond acceptors (Lipinski definition) is 1. The maximum Gasteiger partial charge on any atom is 0.416 e. The highest BCUT2D eigenvalue weighted by atomic mass is 35.5. The lowest BCUT2D eigenvalue weighted by Gasteiger charge is -2.11. The van der Waals surface area contributed by atoms with Crippen LogP contribution in [-0.4, -0.2) is 0 Å². The number of rotatable bonds is 1. The van der Waals surface area contributed by atoms with Crippen LogP contribution in [0.5, 0.6) is 0 Å². The summed E-state index contributed by atoms with van der Waals surface area (Å²) in [6.07, 6.45) is -4.36. The molecule has 0 saturated carbocycles. The molecule has 0 aliphatic heterocycles. The van der Waals surface area contributed by atoms with Gasteiger partial charge in [-0.1, -0.05) is 17.7 Å². The Morgan fingerprint density at radius 3 is 2.29 bits per heavy atom. The molecule has 0 saturated heterocycles. The molecule has 1 aromatic carbocycles. The van der Waals surface area contributed by atoms with Crippen LogP contribution in [0.15, 0.2) is 18.2 Å². The molecule has 0 aliphatic rings. The summed E-state index contributed by atoms with van der Waals surface area (Å²) in [5.74, 6) is 0. The minimum absolute atomic E-state index is 0.0508. The molecule has 0 radical (unpaired) electrons. The van der Waals surface area contributed by atoms with Gasteiger partial charge in [0, 0.05) is 11.1 Å². The zero-order chi connectivity index (χ0) is 10.9. The van der Waals surface area contributed by atoms with Gasteiger partial charge < -0.3 is 5.73 Å². The Kier molecular flexibility index (Phi) is 3.07. The molecule has 5 heteroatoms. The molecule has 0 aliphatic carbocycles. The first-order valence-corrected chi connectivity index (χ1v) is 4.32. The highest BCUT2D eigenvalue weighted by Gasteiger charge is 2.30. The summed E-state index contributed by atoms with van der Waals surface area (Å²) in [5, 5.41) is 0.0508. The summed E-state index contributed by atoms with van der Waals surface area (Å²) in [6, 6.07) is 2.80. The summed E-state index contributed by atoms with van der Waals surface area (Å²) < 4.78 is 36.6. The third-order valence-corrected chi connectivity index (χ3v) is 2.15. The summed E-state index contributed by atoms with van der Waals surface area (Å²) in [4.78, 5) is 0. The van der Waals surface area contributed by atoms with E-state index in [1.165, 1.54) is 6.07 Å². The van der Waals surface area contributed by atoms with Gasteiger partial charge in [0.1, 0.15) is 0 Å². The molecule has 1 aromatic rings. The van der Waals surface area contributed by atoms with Crippen LogP contribution in [0.25, 0.3) is 0 Å². The average Bonchev–Trinajstić information content (AvgIpc) is 2.01. The van der Waals surface area contributed by atoms with E-state index >= 15 is 0 Å². The van der Waals surface area contributed by atoms with Gasteiger partial charge in [-0.05, 0) is 24.6 Å². The molecule has 1 atom stereocenters. The second-order valence-electron chi connectivity index (χ2n) is 3.02. The van der Waals surface area contributed by atoms with Gasteiger partial charge in [0.25, 0.3) is 0 Å². The van der Waals surface area contributed by atoms with Crippen molar-refractivity contribution >= 4 is 11.6 Å². The van der Waals surface area contributed by atoms with Crippen molar-refractivity contribution < 1.29 is 13.2 Å². The molecular weight excluding hydrogens is 215 g/mol. The zero-order valence-corrected chi connectivity index (χ0v) is 8.15. The van der Waals surface area contributed by atoms with Gasteiger partial charge >= 0.3 is 6.18 Å². The van der Waals surface area contributed by atoms with Crippen LogP contribution >= 0.6 is 11.6 Å². The molecular formula is C9H9ClF3N. The van der Waals surface area contributed by atoms with Crippen molar-refractivity contribution in [3.8, 4) is 0 Å². The third-order valence-electron chi connectivity index (χ3n) is 1.82. The molecule has 0 amide bonds. The Bertz CT molecular complexity index is 333. The second-order valence-corrected chi connectivity index (χ2v) is 3.43. The lowest BCUT2D eigenvalue weighted by Crippen LogP contribution is -2.09. The molecule has 78 valence electrons. The Labute approximate surface area is 84.7 Å². The van der Waals surface area contributed by atoms with Crippen LogP contribution in [0.1, 0.15) is 24.1 Å². The van der Waals surface area contributed by atoms with E-state index in [0.717, 1.165) is 12.1 Å². The SMILES string of the molecule is C[C@@H](N)c1ccc(C(F)(F)F)cc1Cl. The Morgan fingerprint density at radius 2 is 1.93 bits per heavy atom. The highest BCUT2D eigenvalue weighted by molar-refractivity contribution is 6.31. The molecule has 2 N–H and O–H groups in total. The van der Waals surface area contributed by atoms with Crippen LogP contribution in [-0.2, 0) is 6.18 Å². The van der Waals surface area contributed by atoms with Crippen LogP contribution in [0.2, 0.25) is 5.02 Å². The van der Waals surface area contributed by atoms with E-state index in [2.05, 4.69) is 0 Å². The average molecular weight is 224 g/mol. The quantitative estimate of drug-likeness (QED) is 0.776. The first-order valence-electron chi connectivity index (χ1n) is 3.94. The number of hydrogen-bond donors (Lipinski definition) is 1. The second kappa shape index (κ2) is 3.79. The van der Waals surface area contributed by atoms with Crippen molar-refractivity contribution in [2.45, 2.75) is 19.1 Å². The van der Waals surface area contributed by atoms with Gasteiger partial charge in [-0.25, -0.2) is 0 Å². The fraction of sp³-hybridized carbons (Fsp3) is 0.333. The lowest BCUT2D eigenvalue weighted by molar-refractivity contribution is -0.137. The summed E-state index contributed by atoms with van der Waals surface area (Å²) in [7, 11) is 0. The summed E-state index contributed by atoms with van der Waals surface area (Å²) >= 11 is 5.65. The molecule has 14 heavy (non-hydrogen) atoms. The maximum absolute atomic E-state index is 12.2. The minimum atomic E-state index is -4.36. The molecule has 1 nitrogen and oxygen atoms in total. The molecule has 0 fully saturated rings. The number of benzene rings is 1. The smallest absolute Gasteiger partial charge is 0.324 e. The first-order chi connectivity index (χ1) is 6.32. The Hall–Kier alpha value is -0.740. The fourth-order valence-corrected chi connectivity index (χ4v) is 1.43. The number of nitrogens with two attached hydrogens (primary N) is 1. The van der Waals surface area contributed by atoms with Crippen LogP contribution in [0, 0.1) is 0 Å². The number of alkyl halides is 3. The fourth-order valence-electron chi connectivity index (χ4n) is 1.07. The Morgan fingerprint density at radius 1 is 1.36 bits per heavy atom. The first kappa shape index (κ1) is 11.3. The van der Waals surface area contributed by atoms with Gasteiger partial charge in [-0.15, -0.1) is 0 Å². The lowest BCUT2D eigenvalue weighted by atomic mass is 10.1. The van der Waals surface area contributed by atoms with Crippen molar-refractivity contribution in [1.29, 1.82) is 0 Å². The van der Waals surface area contributed by atoms with Crippen LogP contribution < -0.4 is 5.73 Å². The van der Waals surface area contributed by atoms with E-state index in [1.807, 2.05) is 0 Å². The van der Waals surface area contributed by atoms with Crippen molar-refractivity contribution in [2.75, 3.05) is 0 Å². The Balaban J connectivity index is 3.13. The molecule has 0 heterocycles. The molecule has 0 aromatic heterocycles. The van der Waals surface area contributed by atoms with Gasteiger partial charge in [0.15, 0.2) is 0 Å². The molecule has 1 rings (SSSR count). The molecule has 0 spiro atoms. The van der Waals surface area contributed by atoms with Gasteiger partial charge in [-0.3, -0.25) is 0 Å². The third kappa shape index (κ3) is 2.39. The number of halogens is 4. The topological polar surface area (TPSA) is 26.0 Å². The molecule has 0 bridgehead atoms. The monoisotopic (exact) mass is 223 g/mol. The maximum atomic E-state index is 12.2. The van der Waals surface area contributed by atoms with Crippen LogP contribution in [0.4, 0.5) is 13.2 Å². The van der Waals surface area contributed by atoms with Gasteiger partial charge in [-0.2, -0.15) is 13.2 Å². The zero-order valence-electron chi connectivity index (χ0n) is 7.40. The van der Waals surface area contributed by atoms with Crippen molar-refractivity contribution in [1.82, 2.24) is 0 Å². The molecule has 0 unspecified atom stereocenters. The normalized spacial score (nSPS) is 14.1.